The first kappa shape index (κ1) is 17.8. The first-order valence-electron chi connectivity index (χ1n) is 8.76. The number of amides is 1. The SMILES string of the molecule is COc1ccc(C(NC(=O)c2cc3c(F)cccc3[nH]2)c2nccn2C)cc1. The second-order valence-electron chi connectivity index (χ2n) is 6.46. The fourth-order valence-electron chi connectivity index (χ4n) is 3.20. The number of carbonyl (C=O) groups is 1. The molecule has 142 valence electrons. The molecule has 2 aromatic carbocycles. The lowest BCUT2D eigenvalue weighted by Gasteiger charge is -2.19. The van der Waals surface area contributed by atoms with Gasteiger partial charge < -0.3 is 19.6 Å². The number of fused-ring (bicyclic) bond motifs is 1. The number of halogens is 1. The minimum atomic E-state index is -0.477. The van der Waals surface area contributed by atoms with Gasteiger partial charge in [0.05, 0.1) is 7.11 Å². The molecule has 4 aromatic rings. The molecule has 0 spiro atoms. The van der Waals surface area contributed by atoms with Gasteiger partial charge in [0.1, 0.15) is 29.1 Å². The second kappa shape index (κ2) is 7.19. The fourth-order valence-corrected chi connectivity index (χ4v) is 3.20. The molecule has 1 unspecified atom stereocenters. The van der Waals surface area contributed by atoms with Crippen LogP contribution in [0.1, 0.15) is 27.9 Å². The normalized spacial score (nSPS) is 12.1. The largest absolute Gasteiger partial charge is 0.497 e. The highest BCUT2D eigenvalue weighted by Crippen LogP contribution is 2.24. The van der Waals surface area contributed by atoms with Crippen molar-refractivity contribution in [2.24, 2.45) is 7.05 Å². The monoisotopic (exact) mass is 378 g/mol. The number of nitrogens with zero attached hydrogens (tertiary/aromatic N) is 2. The van der Waals surface area contributed by atoms with Gasteiger partial charge in [0.15, 0.2) is 0 Å². The van der Waals surface area contributed by atoms with Gasteiger partial charge in [0.2, 0.25) is 0 Å². The first-order valence-corrected chi connectivity index (χ1v) is 8.76. The molecule has 7 heteroatoms. The average Bonchev–Trinajstić information content (AvgIpc) is 3.33. The molecule has 28 heavy (non-hydrogen) atoms. The lowest BCUT2D eigenvalue weighted by Crippen LogP contribution is -2.31. The van der Waals surface area contributed by atoms with Crippen LogP contribution in [0.15, 0.2) is 60.9 Å². The van der Waals surface area contributed by atoms with E-state index in [1.807, 2.05) is 42.1 Å². The highest BCUT2D eigenvalue weighted by Gasteiger charge is 2.22. The number of H-pyrrole nitrogens is 1. The molecule has 2 N–H and O–H groups in total. The predicted molar refractivity (Wildman–Crippen MR) is 104 cm³/mol. The van der Waals surface area contributed by atoms with E-state index in [0.29, 0.717) is 16.7 Å². The van der Waals surface area contributed by atoms with Gasteiger partial charge in [-0.25, -0.2) is 9.37 Å². The standard InChI is InChI=1S/C21H19FN4O2/c1-26-11-10-23-20(26)19(13-6-8-14(28-2)9-7-13)25-21(27)18-12-15-16(22)4-3-5-17(15)24-18/h3-12,19,24H,1-2H3,(H,25,27). The number of aromatic amines is 1. The van der Waals surface area contributed by atoms with E-state index >= 15 is 0 Å². The van der Waals surface area contributed by atoms with Crippen LogP contribution >= 0.6 is 0 Å². The molecule has 2 aromatic heterocycles. The molecule has 0 saturated carbocycles. The Labute approximate surface area is 161 Å². The van der Waals surface area contributed by atoms with E-state index in [1.165, 1.54) is 12.1 Å². The molecular weight excluding hydrogens is 359 g/mol. The van der Waals surface area contributed by atoms with Crippen molar-refractivity contribution in [3.05, 3.63) is 83.8 Å². The van der Waals surface area contributed by atoms with Crippen molar-refractivity contribution in [2.45, 2.75) is 6.04 Å². The number of ether oxygens (including phenoxy) is 1. The highest BCUT2D eigenvalue weighted by atomic mass is 19.1. The first-order chi connectivity index (χ1) is 13.6. The highest BCUT2D eigenvalue weighted by molar-refractivity contribution is 5.98. The second-order valence-corrected chi connectivity index (χ2v) is 6.46. The Morgan fingerprint density at radius 1 is 1.25 bits per heavy atom. The summed E-state index contributed by atoms with van der Waals surface area (Å²) < 4.78 is 21.0. The van der Waals surface area contributed by atoms with Crippen LogP contribution in [0.4, 0.5) is 4.39 Å². The van der Waals surface area contributed by atoms with Crippen LogP contribution < -0.4 is 10.1 Å². The van der Waals surface area contributed by atoms with Crippen LogP contribution in [-0.2, 0) is 7.05 Å². The van der Waals surface area contributed by atoms with E-state index < -0.39 is 6.04 Å². The summed E-state index contributed by atoms with van der Waals surface area (Å²) in [7, 11) is 3.46. The molecule has 0 fully saturated rings. The van der Waals surface area contributed by atoms with E-state index in [-0.39, 0.29) is 17.4 Å². The summed E-state index contributed by atoms with van der Waals surface area (Å²) in [6.07, 6.45) is 3.49. The minimum absolute atomic E-state index is 0.285. The van der Waals surface area contributed by atoms with Gasteiger partial charge in [-0.1, -0.05) is 18.2 Å². The Bertz CT molecular complexity index is 1130. The van der Waals surface area contributed by atoms with E-state index in [4.69, 9.17) is 4.74 Å². The van der Waals surface area contributed by atoms with Crippen LogP contribution in [0.5, 0.6) is 5.75 Å². The van der Waals surface area contributed by atoms with E-state index in [2.05, 4.69) is 15.3 Å². The van der Waals surface area contributed by atoms with Crippen molar-refractivity contribution in [3.63, 3.8) is 0 Å². The third kappa shape index (κ3) is 3.22. The summed E-state index contributed by atoms with van der Waals surface area (Å²) in [5.41, 5.74) is 1.71. The number of hydrogen-bond acceptors (Lipinski definition) is 3. The maximum absolute atomic E-state index is 14.0. The molecule has 1 amide bonds. The number of aromatic nitrogens is 3. The van der Waals surface area contributed by atoms with Gasteiger partial charge in [-0.2, -0.15) is 0 Å². The lowest BCUT2D eigenvalue weighted by molar-refractivity contribution is 0.0937. The number of hydrogen-bond donors (Lipinski definition) is 2. The van der Waals surface area contributed by atoms with Crippen LogP contribution in [0.25, 0.3) is 10.9 Å². The zero-order chi connectivity index (χ0) is 19.7. The third-order valence-corrected chi connectivity index (χ3v) is 4.70. The molecule has 6 nitrogen and oxygen atoms in total. The van der Waals surface area contributed by atoms with Crippen LogP contribution in [-0.4, -0.2) is 27.6 Å². The maximum atomic E-state index is 14.0. The number of carbonyl (C=O) groups excluding carboxylic acids is 1. The number of imidazole rings is 1. The molecule has 0 saturated heterocycles. The van der Waals surface area contributed by atoms with Crippen molar-refractivity contribution in [1.82, 2.24) is 19.9 Å². The van der Waals surface area contributed by atoms with Gasteiger partial charge in [0, 0.05) is 30.3 Å². The molecule has 4 rings (SSSR count). The van der Waals surface area contributed by atoms with Gasteiger partial charge in [-0.05, 0) is 35.9 Å². The van der Waals surface area contributed by atoms with Gasteiger partial charge in [-0.15, -0.1) is 0 Å². The zero-order valence-corrected chi connectivity index (χ0v) is 15.4. The summed E-state index contributed by atoms with van der Waals surface area (Å²) >= 11 is 0. The fraction of sp³-hybridized carbons (Fsp3) is 0.143. The van der Waals surface area contributed by atoms with Gasteiger partial charge in [0.25, 0.3) is 5.91 Å². The van der Waals surface area contributed by atoms with Gasteiger partial charge in [-0.3, -0.25) is 4.79 Å². The summed E-state index contributed by atoms with van der Waals surface area (Å²) in [6.45, 7) is 0. The van der Waals surface area contributed by atoms with Crippen molar-refractivity contribution in [1.29, 1.82) is 0 Å². The molecule has 0 bridgehead atoms. The zero-order valence-electron chi connectivity index (χ0n) is 15.4. The Hall–Kier alpha value is -3.61. The van der Waals surface area contributed by atoms with Crippen molar-refractivity contribution in [2.75, 3.05) is 7.11 Å². The molecule has 2 heterocycles. The van der Waals surface area contributed by atoms with E-state index in [9.17, 15) is 9.18 Å². The Balaban J connectivity index is 1.69. The van der Waals surface area contributed by atoms with Gasteiger partial charge >= 0.3 is 0 Å². The Morgan fingerprint density at radius 2 is 2.04 bits per heavy atom. The summed E-state index contributed by atoms with van der Waals surface area (Å²) in [6, 6.07) is 13.2. The van der Waals surface area contributed by atoms with E-state index in [1.54, 1.807) is 25.4 Å². The van der Waals surface area contributed by atoms with Crippen molar-refractivity contribution < 1.29 is 13.9 Å². The summed E-state index contributed by atoms with van der Waals surface area (Å²) in [5, 5.41) is 3.37. The molecule has 0 radical (unpaired) electrons. The number of methoxy groups -OCH3 is 1. The van der Waals surface area contributed by atoms with E-state index in [0.717, 1.165) is 11.3 Å². The number of benzene rings is 2. The minimum Gasteiger partial charge on any atom is -0.497 e. The summed E-state index contributed by atoms with van der Waals surface area (Å²) in [5.74, 6) is 0.684. The third-order valence-electron chi connectivity index (χ3n) is 4.70. The molecular formula is C21H19FN4O2. The predicted octanol–water partition coefficient (Wildman–Crippen LogP) is 3.57. The topological polar surface area (TPSA) is 71.9 Å². The molecule has 0 aliphatic rings. The Morgan fingerprint density at radius 3 is 2.68 bits per heavy atom. The molecule has 0 aliphatic heterocycles. The quantitative estimate of drug-likeness (QED) is 0.558. The van der Waals surface area contributed by atoms with Crippen molar-refractivity contribution >= 4 is 16.8 Å². The Kier molecular flexibility index (Phi) is 4.57. The molecule has 0 aliphatic carbocycles. The summed E-state index contributed by atoms with van der Waals surface area (Å²) in [4.78, 5) is 20.3. The lowest BCUT2D eigenvalue weighted by atomic mass is 10.1. The van der Waals surface area contributed by atoms with Crippen LogP contribution in [0, 0.1) is 5.82 Å². The maximum Gasteiger partial charge on any atom is 0.268 e. The smallest absolute Gasteiger partial charge is 0.268 e. The number of nitrogens with one attached hydrogen (secondary N) is 2. The van der Waals surface area contributed by atoms with Crippen LogP contribution in [0.2, 0.25) is 0 Å². The number of aryl methyl sites for hydroxylation is 1. The average molecular weight is 378 g/mol. The van der Waals surface area contributed by atoms with Crippen molar-refractivity contribution in [3.8, 4) is 5.75 Å². The van der Waals surface area contributed by atoms with Crippen LogP contribution in [0.3, 0.4) is 0 Å². The molecule has 1 atom stereocenters. The number of rotatable bonds is 5.